The lowest BCUT2D eigenvalue weighted by Gasteiger charge is -2.24. The van der Waals surface area contributed by atoms with Gasteiger partial charge >= 0.3 is 0 Å². The van der Waals surface area contributed by atoms with Crippen LogP contribution in [0.15, 0.2) is 102 Å². The number of hydrogen-bond donors (Lipinski definition) is 0. The largest absolute Gasteiger partial charge is 0.207 e. The van der Waals surface area contributed by atoms with Crippen molar-refractivity contribution < 1.29 is 0 Å². The molecule has 0 saturated heterocycles. The molecule has 0 spiro atoms. The van der Waals surface area contributed by atoms with Crippen LogP contribution >= 0.6 is 22.7 Å². The van der Waals surface area contributed by atoms with E-state index < -0.39 is 0 Å². The summed E-state index contributed by atoms with van der Waals surface area (Å²) < 4.78 is 0. The highest BCUT2D eigenvalue weighted by Crippen LogP contribution is 2.57. The van der Waals surface area contributed by atoms with E-state index in [-0.39, 0.29) is 10.8 Å². The van der Waals surface area contributed by atoms with Gasteiger partial charge in [-0.1, -0.05) is 88.4 Å². The summed E-state index contributed by atoms with van der Waals surface area (Å²) in [6.07, 6.45) is 0. The fraction of sp³-hybridized carbons (Fsp3) is 0.154. The third-order valence-electron chi connectivity index (χ3n) is 9.74. The Bertz CT molecular complexity index is 2220. The van der Waals surface area contributed by atoms with E-state index in [9.17, 15) is 0 Å². The SMILES string of the molecule is CC1(C)c2cc(-c3nc(-c4cccs4)nc(-c4cccs4)n3)ccc2-c2cc3c(cc21)-c1c(ccc2ccccc12)C3(C)C. The number of thiophene rings is 2. The van der Waals surface area contributed by atoms with Crippen LogP contribution in [0, 0.1) is 0 Å². The van der Waals surface area contributed by atoms with Crippen molar-refractivity contribution >= 4 is 33.4 Å². The summed E-state index contributed by atoms with van der Waals surface area (Å²) in [5.74, 6) is 2.16. The fourth-order valence-electron chi connectivity index (χ4n) is 7.41. The number of rotatable bonds is 3. The van der Waals surface area contributed by atoms with Crippen LogP contribution in [-0.2, 0) is 10.8 Å². The lowest BCUT2D eigenvalue weighted by atomic mass is 9.79. The molecule has 212 valence electrons. The second-order valence-electron chi connectivity index (χ2n) is 12.9. The Labute approximate surface area is 265 Å². The molecule has 0 N–H and O–H groups in total. The van der Waals surface area contributed by atoms with Crippen LogP contribution in [0.3, 0.4) is 0 Å². The highest BCUT2D eigenvalue weighted by atomic mass is 32.1. The van der Waals surface area contributed by atoms with Crippen LogP contribution in [0.2, 0.25) is 0 Å². The molecule has 0 bridgehead atoms. The number of benzene rings is 4. The summed E-state index contributed by atoms with van der Waals surface area (Å²) in [7, 11) is 0. The van der Waals surface area contributed by atoms with Gasteiger partial charge in [-0.3, -0.25) is 0 Å². The lowest BCUT2D eigenvalue weighted by Crippen LogP contribution is -2.17. The third-order valence-corrected chi connectivity index (χ3v) is 11.5. The molecular weight excluding hydrogens is 575 g/mol. The minimum absolute atomic E-state index is 0.0716. The van der Waals surface area contributed by atoms with E-state index in [2.05, 4.69) is 117 Å². The first-order valence-corrected chi connectivity index (χ1v) is 16.8. The molecule has 0 aliphatic heterocycles. The van der Waals surface area contributed by atoms with Gasteiger partial charge in [-0.25, -0.2) is 15.0 Å². The predicted molar refractivity (Wildman–Crippen MR) is 185 cm³/mol. The average molecular weight is 604 g/mol. The predicted octanol–water partition coefficient (Wildman–Crippen LogP) is 10.8. The van der Waals surface area contributed by atoms with Gasteiger partial charge in [-0.05, 0) is 96.4 Å². The first-order valence-electron chi connectivity index (χ1n) is 15.0. The fourth-order valence-corrected chi connectivity index (χ4v) is 8.72. The van der Waals surface area contributed by atoms with Crippen LogP contribution in [0.1, 0.15) is 49.9 Å². The molecule has 0 unspecified atom stereocenters. The van der Waals surface area contributed by atoms with Gasteiger partial charge in [0.2, 0.25) is 0 Å². The molecule has 3 nitrogen and oxygen atoms in total. The maximum atomic E-state index is 4.99. The van der Waals surface area contributed by atoms with Crippen molar-refractivity contribution in [1.29, 1.82) is 0 Å². The van der Waals surface area contributed by atoms with Gasteiger partial charge in [0.25, 0.3) is 0 Å². The number of nitrogens with zero attached hydrogens (tertiary/aromatic N) is 3. The topological polar surface area (TPSA) is 38.7 Å². The van der Waals surface area contributed by atoms with Crippen LogP contribution < -0.4 is 0 Å². The van der Waals surface area contributed by atoms with Gasteiger partial charge in [-0.15, -0.1) is 22.7 Å². The van der Waals surface area contributed by atoms with E-state index in [1.165, 1.54) is 55.3 Å². The molecular formula is C39H29N3S2. The molecule has 9 rings (SSSR count). The molecule has 4 aromatic carbocycles. The third kappa shape index (κ3) is 3.57. The van der Waals surface area contributed by atoms with Crippen molar-refractivity contribution in [1.82, 2.24) is 15.0 Å². The molecule has 2 aliphatic carbocycles. The van der Waals surface area contributed by atoms with Crippen molar-refractivity contribution in [3.05, 3.63) is 124 Å². The van der Waals surface area contributed by atoms with Crippen molar-refractivity contribution in [2.45, 2.75) is 38.5 Å². The van der Waals surface area contributed by atoms with E-state index in [0.29, 0.717) is 5.82 Å². The Morgan fingerprint density at radius 3 is 1.82 bits per heavy atom. The Balaban J connectivity index is 1.22. The van der Waals surface area contributed by atoms with Crippen LogP contribution in [0.5, 0.6) is 0 Å². The second kappa shape index (κ2) is 9.04. The van der Waals surface area contributed by atoms with Crippen molar-refractivity contribution in [3.8, 4) is 55.0 Å². The van der Waals surface area contributed by atoms with Gasteiger partial charge in [0, 0.05) is 16.4 Å². The van der Waals surface area contributed by atoms with Crippen molar-refractivity contribution in [2.75, 3.05) is 0 Å². The average Bonchev–Trinajstić information content (AvgIpc) is 3.84. The molecule has 0 fully saturated rings. The zero-order chi connectivity index (χ0) is 29.8. The zero-order valence-corrected chi connectivity index (χ0v) is 26.6. The monoisotopic (exact) mass is 603 g/mol. The van der Waals surface area contributed by atoms with Gasteiger partial charge in [0.05, 0.1) is 9.75 Å². The molecule has 0 atom stereocenters. The van der Waals surface area contributed by atoms with Gasteiger partial charge in [0.15, 0.2) is 17.5 Å². The summed E-state index contributed by atoms with van der Waals surface area (Å²) in [5, 5.41) is 6.77. The van der Waals surface area contributed by atoms with Crippen LogP contribution in [0.4, 0.5) is 0 Å². The maximum Gasteiger partial charge on any atom is 0.174 e. The smallest absolute Gasteiger partial charge is 0.174 e. The van der Waals surface area contributed by atoms with Crippen molar-refractivity contribution in [3.63, 3.8) is 0 Å². The van der Waals surface area contributed by atoms with Gasteiger partial charge in [-0.2, -0.15) is 0 Å². The molecule has 3 heterocycles. The van der Waals surface area contributed by atoms with E-state index in [1.807, 2.05) is 12.1 Å². The Hall–Kier alpha value is -4.45. The molecule has 44 heavy (non-hydrogen) atoms. The standard InChI is InChI=1S/C39H29N3S2/c1-38(2)28-16-14-22-9-5-6-10-24(22)34(28)27-21-30-26(20-31(27)38)25-15-13-23(19-29(25)39(30,3)4)35-40-36(32-11-7-17-43-32)42-37(41-35)33-12-8-18-44-33/h5-21H,1-4H3. The summed E-state index contributed by atoms with van der Waals surface area (Å²) in [6, 6.07) is 33.5. The first-order chi connectivity index (χ1) is 21.3. The van der Waals surface area contributed by atoms with Gasteiger partial charge < -0.3 is 0 Å². The summed E-state index contributed by atoms with van der Waals surface area (Å²) in [5.41, 5.74) is 11.7. The highest BCUT2D eigenvalue weighted by molar-refractivity contribution is 7.13. The molecule has 3 aromatic heterocycles. The minimum atomic E-state index is -0.173. The molecule has 5 heteroatoms. The molecule has 0 amide bonds. The lowest BCUT2D eigenvalue weighted by molar-refractivity contribution is 0.652. The summed E-state index contributed by atoms with van der Waals surface area (Å²) in [4.78, 5) is 16.9. The summed E-state index contributed by atoms with van der Waals surface area (Å²) in [6.45, 7) is 9.47. The quantitative estimate of drug-likeness (QED) is 0.202. The molecule has 0 saturated carbocycles. The first kappa shape index (κ1) is 26.0. The molecule has 2 aliphatic rings. The number of fused-ring (bicyclic) bond motifs is 8. The Morgan fingerprint density at radius 1 is 0.500 bits per heavy atom. The van der Waals surface area contributed by atoms with Crippen LogP contribution in [-0.4, -0.2) is 15.0 Å². The Kier molecular flexibility index (Phi) is 5.34. The Morgan fingerprint density at radius 2 is 1.11 bits per heavy atom. The van der Waals surface area contributed by atoms with E-state index in [1.54, 1.807) is 22.7 Å². The zero-order valence-electron chi connectivity index (χ0n) is 25.0. The summed E-state index contributed by atoms with van der Waals surface area (Å²) >= 11 is 3.31. The second-order valence-corrected chi connectivity index (χ2v) is 14.8. The minimum Gasteiger partial charge on any atom is -0.207 e. The normalized spacial score (nSPS) is 15.2. The van der Waals surface area contributed by atoms with E-state index in [4.69, 9.17) is 15.0 Å². The molecule has 0 radical (unpaired) electrons. The van der Waals surface area contributed by atoms with Crippen LogP contribution in [0.25, 0.3) is 65.8 Å². The van der Waals surface area contributed by atoms with Gasteiger partial charge in [0.1, 0.15) is 0 Å². The maximum absolute atomic E-state index is 4.99. The van der Waals surface area contributed by atoms with E-state index in [0.717, 1.165) is 27.0 Å². The highest BCUT2D eigenvalue weighted by Gasteiger charge is 2.42. The number of hydrogen-bond acceptors (Lipinski definition) is 5. The molecule has 7 aromatic rings. The van der Waals surface area contributed by atoms with E-state index >= 15 is 0 Å². The number of aromatic nitrogens is 3. The van der Waals surface area contributed by atoms with Crippen molar-refractivity contribution in [2.24, 2.45) is 0 Å².